The van der Waals surface area contributed by atoms with Gasteiger partial charge in [-0.15, -0.1) is 11.3 Å². The van der Waals surface area contributed by atoms with Gasteiger partial charge in [0.15, 0.2) is 5.13 Å². The number of aromatic nitrogens is 1. The molecule has 0 spiro atoms. The van der Waals surface area contributed by atoms with Gasteiger partial charge in [-0.25, -0.2) is 4.98 Å². The molecule has 5 heteroatoms. The first-order valence-corrected chi connectivity index (χ1v) is 6.95. The number of nitrogens with two attached hydrogens (primary N) is 1. The van der Waals surface area contributed by atoms with Gasteiger partial charge in [-0.1, -0.05) is 12.8 Å². The predicted molar refractivity (Wildman–Crippen MR) is 70.0 cm³/mol. The summed E-state index contributed by atoms with van der Waals surface area (Å²) < 4.78 is 0. The number of hydrogen-bond donors (Lipinski definition) is 2. The highest BCUT2D eigenvalue weighted by atomic mass is 32.1. The molecule has 0 aliphatic heterocycles. The van der Waals surface area contributed by atoms with Crippen LogP contribution < -0.4 is 11.1 Å². The third-order valence-corrected chi connectivity index (χ3v) is 4.23. The molecule has 0 aromatic carbocycles. The van der Waals surface area contributed by atoms with Crippen LogP contribution in [0.25, 0.3) is 0 Å². The Morgan fingerprint density at radius 3 is 3.00 bits per heavy atom. The van der Waals surface area contributed by atoms with E-state index in [1.165, 1.54) is 17.8 Å². The van der Waals surface area contributed by atoms with Crippen LogP contribution >= 0.6 is 11.3 Å². The van der Waals surface area contributed by atoms with E-state index in [0.717, 1.165) is 24.1 Å². The maximum absolute atomic E-state index is 12.1. The standard InChI is InChI=1S/C12H19N3OS/c1-8-7-14-12(17-8)15-11(16)10-5-3-2-4-9(10)6-13/h7,9-10H,2-6,13H2,1H3,(H,14,15,16). The summed E-state index contributed by atoms with van der Waals surface area (Å²) in [6, 6.07) is 0. The summed E-state index contributed by atoms with van der Waals surface area (Å²) in [5, 5.41) is 3.61. The van der Waals surface area contributed by atoms with Crippen molar-refractivity contribution in [2.75, 3.05) is 11.9 Å². The molecule has 2 unspecified atom stereocenters. The first-order chi connectivity index (χ1) is 8.20. The second kappa shape index (κ2) is 5.60. The Morgan fingerprint density at radius 1 is 1.59 bits per heavy atom. The summed E-state index contributed by atoms with van der Waals surface area (Å²) in [6.45, 7) is 2.59. The van der Waals surface area contributed by atoms with Gasteiger partial charge in [0, 0.05) is 17.0 Å². The number of nitrogens with zero attached hydrogens (tertiary/aromatic N) is 1. The average molecular weight is 253 g/mol. The molecule has 1 heterocycles. The number of carbonyl (C=O) groups excluding carboxylic acids is 1. The van der Waals surface area contributed by atoms with E-state index >= 15 is 0 Å². The lowest BCUT2D eigenvalue weighted by molar-refractivity contribution is -0.122. The van der Waals surface area contributed by atoms with Gasteiger partial charge in [0.05, 0.1) is 0 Å². The molecule has 4 nitrogen and oxygen atoms in total. The maximum atomic E-state index is 12.1. The lowest BCUT2D eigenvalue weighted by Gasteiger charge is -2.29. The molecule has 1 saturated carbocycles. The molecule has 1 aromatic rings. The lowest BCUT2D eigenvalue weighted by atomic mass is 9.79. The summed E-state index contributed by atoms with van der Waals surface area (Å²) in [7, 11) is 0. The van der Waals surface area contributed by atoms with E-state index in [-0.39, 0.29) is 11.8 Å². The molecular weight excluding hydrogens is 234 g/mol. The highest BCUT2D eigenvalue weighted by Crippen LogP contribution is 2.30. The molecule has 2 rings (SSSR count). The summed E-state index contributed by atoms with van der Waals surface area (Å²) in [6.07, 6.45) is 6.14. The van der Waals surface area contributed by atoms with Crippen molar-refractivity contribution in [1.29, 1.82) is 0 Å². The number of amides is 1. The normalized spacial score (nSPS) is 24.6. The van der Waals surface area contributed by atoms with Crippen molar-refractivity contribution in [2.24, 2.45) is 17.6 Å². The average Bonchev–Trinajstić information content (AvgIpc) is 2.74. The monoisotopic (exact) mass is 253 g/mol. The van der Waals surface area contributed by atoms with E-state index in [1.54, 1.807) is 6.20 Å². The Balaban J connectivity index is 1.98. The van der Waals surface area contributed by atoms with E-state index in [2.05, 4.69) is 10.3 Å². The van der Waals surface area contributed by atoms with E-state index in [1.807, 2.05) is 6.92 Å². The number of carbonyl (C=O) groups is 1. The lowest BCUT2D eigenvalue weighted by Crippen LogP contribution is -2.35. The third kappa shape index (κ3) is 3.04. The van der Waals surface area contributed by atoms with Crippen LogP contribution in [0.2, 0.25) is 0 Å². The van der Waals surface area contributed by atoms with Gasteiger partial charge in [-0.2, -0.15) is 0 Å². The molecule has 0 saturated heterocycles. The Kier molecular flexibility index (Phi) is 4.12. The molecular formula is C12H19N3OS. The summed E-state index contributed by atoms with van der Waals surface area (Å²) in [5.74, 6) is 0.497. The van der Waals surface area contributed by atoms with Crippen LogP contribution in [0.1, 0.15) is 30.6 Å². The molecule has 0 radical (unpaired) electrons. The van der Waals surface area contributed by atoms with Gasteiger partial charge >= 0.3 is 0 Å². The molecule has 1 aliphatic rings. The molecule has 1 aromatic heterocycles. The fraction of sp³-hybridized carbons (Fsp3) is 0.667. The molecule has 1 fully saturated rings. The topological polar surface area (TPSA) is 68.0 Å². The molecule has 1 aliphatic carbocycles. The van der Waals surface area contributed by atoms with Crippen LogP contribution in [-0.4, -0.2) is 17.4 Å². The van der Waals surface area contributed by atoms with Gasteiger partial charge < -0.3 is 11.1 Å². The molecule has 94 valence electrons. The first-order valence-electron chi connectivity index (χ1n) is 6.14. The van der Waals surface area contributed by atoms with E-state index < -0.39 is 0 Å². The minimum atomic E-state index is 0.0676. The van der Waals surface area contributed by atoms with Crippen molar-refractivity contribution >= 4 is 22.4 Å². The Bertz CT molecular complexity index is 391. The van der Waals surface area contributed by atoms with Crippen molar-refractivity contribution in [3.8, 4) is 0 Å². The van der Waals surface area contributed by atoms with Crippen molar-refractivity contribution in [1.82, 2.24) is 4.98 Å². The second-order valence-electron chi connectivity index (χ2n) is 4.65. The van der Waals surface area contributed by atoms with Gasteiger partial charge in [-0.3, -0.25) is 4.79 Å². The van der Waals surface area contributed by atoms with E-state index in [4.69, 9.17) is 5.73 Å². The summed E-state index contributed by atoms with van der Waals surface area (Å²) >= 11 is 1.51. The van der Waals surface area contributed by atoms with Crippen molar-refractivity contribution in [3.63, 3.8) is 0 Å². The maximum Gasteiger partial charge on any atom is 0.229 e. The third-order valence-electron chi connectivity index (χ3n) is 3.40. The van der Waals surface area contributed by atoms with Crippen LogP contribution in [-0.2, 0) is 4.79 Å². The van der Waals surface area contributed by atoms with Gasteiger partial charge in [-0.05, 0) is 32.2 Å². The molecule has 0 bridgehead atoms. The fourth-order valence-electron chi connectivity index (χ4n) is 2.45. The zero-order chi connectivity index (χ0) is 12.3. The van der Waals surface area contributed by atoms with Crippen LogP contribution in [0, 0.1) is 18.8 Å². The molecule has 3 N–H and O–H groups in total. The smallest absolute Gasteiger partial charge is 0.229 e. The second-order valence-corrected chi connectivity index (χ2v) is 5.89. The van der Waals surface area contributed by atoms with Crippen LogP contribution in [0.3, 0.4) is 0 Å². The van der Waals surface area contributed by atoms with Crippen molar-refractivity contribution < 1.29 is 4.79 Å². The Labute approximate surface area is 106 Å². The van der Waals surface area contributed by atoms with Gasteiger partial charge in [0.2, 0.25) is 5.91 Å². The zero-order valence-electron chi connectivity index (χ0n) is 10.1. The summed E-state index contributed by atoms with van der Waals surface area (Å²) in [4.78, 5) is 17.4. The van der Waals surface area contributed by atoms with Gasteiger partial charge in [0.1, 0.15) is 0 Å². The SMILES string of the molecule is Cc1cnc(NC(=O)C2CCCCC2CN)s1. The van der Waals surface area contributed by atoms with Crippen LogP contribution in [0.15, 0.2) is 6.20 Å². The Hall–Kier alpha value is -0.940. The fourth-order valence-corrected chi connectivity index (χ4v) is 3.11. The van der Waals surface area contributed by atoms with Crippen molar-refractivity contribution in [2.45, 2.75) is 32.6 Å². The molecule has 17 heavy (non-hydrogen) atoms. The number of aryl methyl sites for hydroxylation is 1. The van der Waals surface area contributed by atoms with Crippen molar-refractivity contribution in [3.05, 3.63) is 11.1 Å². The van der Waals surface area contributed by atoms with E-state index in [9.17, 15) is 4.79 Å². The Morgan fingerprint density at radius 2 is 2.35 bits per heavy atom. The number of anilines is 1. The molecule has 2 atom stereocenters. The van der Waals surface area contributed by atoms with E-state index in [0.29, 0.717) is 17.6 Å². The molecule has 1 amide bonds. The first kappa shape index (κ1) is 12.5. The van der Waals surface area contributed by atoms with Gasteiger partial charge in [0.25, 0.3) is 0 Å². The van der Waals surface area contributed by atoms with Crippen LogP contribution in [0.4, 0.5) is 5.13 Å². The number of rotatable bonds is 3. The number of thiazole rings is 1. The zero-order valence-corrected chi connectivity index (χ0v) is 10.9. The minimum absolute atomic E-state index is 0.0676. The minimum Gasteiger partial charge on any atom is -0.330 e. The number of hydrogen-bond acceptors (Lipinski definition) is 4. The summed E-state index contributed by atoms with van der Waals surface area (Å²) in [5.41, 5.74) is 5.74. The largest absolute Gasteiger partial charge is 0.330 e. The highest BCUT2D eigenvalue weighted by Gasteiger charge is 2.30. The number of nitrogens with one attached hydrogen (secondary N) is 1. The predicted octanol–water partition coefficient (Wildman–Crippen LogP) is 2.16. The highest BCUT2D eigenvalue weighted by molar-refractivity contribution is 7.15. The quantitative estimate of drug-likeness (QED) is 0.867. The van der Waals surface area contributed by atoms with Crippen LogP contribution in [0.5, 0.6) is 0 Å².